The lowest BCUT2D eigenvalue weighted by atomic mass is 10.3. The molecule has 2 atom stereocenters. The summed E-state index contributed by atoms with van der Waals surface area (Å²) in [5.74, 6) is 0.342. The summed E-state index contributed by atoms with van der Waals surface area (Å²) >= 11 is 1.29. The highest BCUT2D eigenvalue weighted by atomic mass is 32.2. The average molecular weight is 286 g/mol. The number of rotatable bonds is 6. The Bertz CT molecular complexity index is 406. The molecule has 7 heteroatoms. The molecule has 1 aromatic heterocycles. The van der Waals surface area contributed by atoms with Crippen LogP contribution in [0, 0.1) is 0 Å². The van der Waals surface area contributed by atoms with Crippen LogP contribution in [0.1, 0.15) is 19.6 Å². The monoisotopic (exact) mass is 286 g/mol. The second-order valence-electron chi connectivity index (χ2n) is 4.07. The first-order chi connectivity index (χ1) is 8.99. The fourth-order valence-electron chi connectivity index (χ4n) is 1.13. The summed E-state index contributed by atoms with van der Waals surface area (Å²) in [5, 5.41) is 13.9. The number of hydrogen-bond acceptors (Lipinski definition) is 5. The number of hydrogen-bond donors (Lipinski definition) is 3. The number of urea groups is 1. The summed E-state index contributed by atoms with van der Waals surface area (Å²) in [7, 11) is 0. The van der Waals surface area contributed by atoms with Crippen LogP contribution in [0.3, 0.4) is 0 Å². The zero-order valence-electron chi connectivity index (χ0n) is 10.9. The van der Waals surface area contributed by atoms with Gasteiger partial charge in [-0.05, 0) is 19.1 Å². The van der Waals surface area contributed by atoms with E-state index in [2.05, 4.69) is 10.6 Å². The third-order valence-corrected chi connectivity index (χ3v) is 3.76. The Hall–Kier alpha value is -1.47. The van der Waals surface area contributed by atoms with E-state index in [0.717, 1.165) is 0 Å². The molecule has 1 rings (SSSR count). The molecule has 0 aliphatic carbocycles. The van der Waals surface area contributed by atoms with E-state index < -0.39 is 18.0 Å². The Balaban J connectivity index is 2.19. The predicted molar refractivity (Wildman–Crippen MR) is 72.7 cm³/mol. The zero-order chi connectivity index (χ0) is 14.3. The molecule has 0 bridgehead atoms. The highest BCUT2D eigenvalue weighted by Crippen LogP contribution is 2.13. The molecule has 2 unspecified atom stereocenters. The van der Waals surface area contributed by atoms with Crippen molar-refractivity contribution in [1.29, 1.82) is 0 Å². The van der Waals surface area contributed by atoms with Gasteiger partial charge in [-0.15, -0.1) is 11.8 Å². The fraction of sp³-hybridized carbons (Fsp3) is 0.500. The maximum Gasteiger partial charge on any atom is 0.321 e. The Morgan fingerprint density at radius 1 is 1.47 bits per heavy atom. The van der Waals surface area contributed by atoms with E-state index in [1.807, 2.05) is 6.92 Å². The van der Waals surface area contributed by atoms with Crippen molar-refractivity contribution < 1.29 is 19.1 Å². The summed E-state index contributed by atoms with van der Waals surface area (Å²) in [6.45, 7) is 3.70. The van der Waals surface area contributed by atoms with Gasteiger partial charge in [0, 0.05) is 5.25 Å². The highest BCUT2D eigenvalue weighted by molar-refractivity contribution is 8.00. The molecule has 1 aromatic rings. The topological polar surface area (TPSA) is 91.6 Å². The molecule has 106 valence electrons. The maximum absolute atomic E-state index is 11.4. The van der Waals surface area contributed by atoms with Crippen molar-refractivity contribution in [3.8, 4) is 0 Å². The first-order valence-electron chi connectivity index (χ1n) is 5.88. The minimum Gasteiger partial charge on any atom is -0.467 e. The molecule has 0 aliphatic heterocycles. The molecular formula is C12H18N2O4S. The van der Waals surface area contributed by atoms with Crippen LogP contribution in [-0.4, -0.2) is 34.2 Å². The predicted octanol–water partition coefficient (Wildman–Crippen LogP) is 1.11. The summed E-state index contributed by atoms with van der Waals surface area (Å²) in [4.78, 5) is 22.8. The lowest BCUT2D eigenvalue weighted by molar-refractivity contribution is -0.117. The van der Waals surface area contributed by atoms with E-state index >= 15 is 0 Å². The van der Waals surface area contributed by atoms with Crippen molar-refractivity contribution in [3.05, 3.63) is 24.2 Å². The molecule has 19 heavy (non-hydrogen) atoms. The normalized spacial score (nSPS) is 13.6. The molecule has 3 N–H and O–H groups in total. The number of imide groups is 1. The number of carbonyl (C=O) groups excluding carboxylic acids is 2. The van der Waals surface area contributed by atoms with Crippen molar-refractivity contribution in [2.45, 2.75) is 31.7 Å². The Morgan fingerprint density at radius 3 is 2.79 bits per heavy atom. The van der Waals surface area contributed by atoms with Crippen LogP contribution in [0.2, 0.25) is 0 Å². The van der Waals surface area contributed by atoms with Crippen molar-refractivity contribution in [3.63, 3.8) is 0 Å². The van der Waals surface area contributed by atoms with Crippen LogP contribution in [0.4, 0.5) is 4.79 Å². The fourth-order valence-corrected chi connectivity index (χ4v) is 1.90. The van der Waals surface area contributed by atoms with Crippen LogP contribution in [-0.2, 0) is 11.3 Å². The van der Waals surface area contributed by atoms with Crippen LogP contribution in [0.5, 0.6) is 0 Å². The van der Waals surface area contributed by atoms with Crippen molar-refractivity contribution >= 4 is 23.7 Å². The minimum atomic E-state index is -0.563. The first-order valence-corrected chi connectivity index (χ1v) is 6.93. The number of aliphatic hydroxyl groups is 1. The van der Waals surface area contributed by atoms with Gasteiger partial charge in [0.25, 0.3) is 0 Å². The third-order valence-electron chi connectivity index (χ3n) is 2.41. The number of aliphatic hydroxyl groups excluding tert-OH is 1. The standard InChI is InChI=1S/C12H18N2O4S/c1-8(15)9(2)19-7-11(16)14-12(17)13-6-10-4-3-5-18-10/h3-5,8-9,15H,6-7H2,1-2H3,(H2,13,14,16,17). The van der Waals surface area contributed by atoms with Gasteiger partial charge in [-0.2, -0.15) is 0 Å². The highest BCUT2D eigenvalue weighted by Gasteiger charge is 2.13. The quantitative estimate of drug-likeness (QED) is 0.728. The van der Waals surface area contributed by atoms with Gasteiger partial charge in [0.2, 0.25) is 5.91 Å². The van der Waals surface area contributed by atoms with Gasteiger partial charge in [-0.1, -0.05) is 6.92 Å². The Morgan fingerprint density at radius 2 is 2.21 bits per heavy atom. The van der Waals surface area contributed by atoms with Gasteiger partial charge in [0.15, 0.2) is 0 Å². The molecule has 0 saturated heterocycles. The second kappa shape index (κ2) is 7.85. The van der Waals surface area contributed by atoms with E-state index in [1.165, 1.54) is 18.0 Å². The lowest BCUT2D eigenvalue weighted by Crippen LogP contribution is -2.40. The zero-order valence-corrected chi connectivity index (χ0v) is 11.7. The van der Waals surface area contributed by atoms with Gasteiger partial charge in [-0.3, -0.25) is 10.1 Å². The average Bonchev–Trinajstić information content (AvgIpc) is 2.86. The number of carbonyl (C=O) groups is 2. The van der Waals surface area contributed by atoms with Gasteiger partial charge in [-0.25, -0.2) is 4.79 Å². The summed E-state index contributed by atoms with van der Waals surface area (Å²) < 4.78 is 5.03. The maximum atomic E-state index is 11.4. The summed E-state index contributed by atoms with van der Waals surface area (Å²) in [5.41, 5.74) is 0. The molecule has 0 radical (unpaired) electrons. The first kappa shape index (κ1) is 15.6. The van der Waals surface area contributed by atoms with E-state index in [4.69, 9.17) is 4.42 Å². The third kappa shape index (κ3) is 6.30. The van der Waals surface area contributed by atoms with Crippen molar-refractivity contribution in [2.24, 2.45) is 0 Å². The van der Waals surface area contributed by atoms with Gasteiger partial charge < -0.3 is 14.8 Å². The van der Waals surface area contributed by atoms with Gasteiger partial charge >= 0.3 is 6.03 Å². The number of amides is 3. The van der Waals surface area contributed by atoms with E-state index in [9.17, 15) is 14.7 Å². The number of nitrogens with one attached hydrogen (secondary N) is 2. The smallest absolute Gasteiger partial charge is 0.321 e. The number of thioether (sulfide) groups is 1. The molecule has 3 amide bonds. The summed E-state index contributed by atoms with van der Waals surface area (Å²) in [6.07, 6.45) is 1.01. The SMILES string of the molecule is CC(O)C(C)SCC(=O)NC(=O)NCc1ccco1. The lowest BCUT2D eigenvalue weighted by Gasteiger charge is -2.13. The molecule has 1 heterocycles. The van der Waals surface area contributed by atoms with Crippen LogP contribution >= 0.6 is 11.8 Å². The summed E-state index contributed by atoms with van der Waals surface area (Å²) in [6, 6.07) is 2.88. The van der Waals surface area contributed by atoms with Gasteiger partial charge in [0.1, 0.15) is 5.76 Å². The Kier molecular flexibility index (Phi) is 6.44. The van der Waals surface area contributed by atoms with E-state index in [-0.39, 0.29) is 17.5 Å². The largest absolute Gasteiger partial charge is 0.467 e. The molecule has 0 aromatic carbocycles. The van der Waals surface area contributed by atoms with E-state index in [0.29, 0.717) is 5.76 Å². The molecule has 0 fully saturated rings. The molecule has 6 nitrogen and oxygen atoms in total. The second-order valence-corrected chi connectivity index (χ2v) is 5.43. The molecule has 0 aliphatic rings. The Labute approximate surface area is 115 Å². The number of furan rings is 1. The van der Waals surface area contributed by atoms with Crippen molar-refractivity contribution in [2.75, 3.05) is 5.75 Å². The van der Waals surface area contributed by atoms with Crippen LogP contribution < -0.4 is 10.6 Å². The molecule has 0 saturated carbocycles. The molecular weight excluding hydrogens is 268 g/mol. The van der Waals surface area contributed by atoms with Crippen LogP contribution in [0.15, 0.2) is 22.8 Å². The van der Waals surface area contributed by atoms with Gasteiger partial charge in [0.05, 0.1) is 24.7 Å². The molecule has 0 spiro atoms. The van der Waals surface area contributed by atoms with E-state index in [1.54, 1.807) is 19.1 Å². The van der Waals surface area contributed by atoms with Crippen molar-refractivity contribution in [1.82, 2.24) is 10.6 Å². The van der Waals surface area contributed by atoms with Crippen LogP contribution in [0.25, 0.3) is 0 Å². The minimum absolute atomic E-state index is 0.0584.